The number of nitrogens with zero attached hydrogens (tertiary/aromatic N) is 3. The van der Waals surface area contributed by atoms with Gasteiger partial charge in [0.05, 0.1) is 6.33 Å². The van der Waals surface area contributed by atoms with Gasteiger partial charge in [0.25, 0.3) is 0 Å². The molecular formula is C13H13FN6. The van der Waals surface area contributed by atoms with Gasteiger partial charge in [0.15, 0.2) is 11.5 Å². The van der Waals surface area contributed by atoms with Gasteiger partial charge in [-0.1, -0.05) is 0 Å². The Balaban J connectivity index is 2.00. The zero-order chi connectivity index (χ0) is 13.9. The first-order valence-electron chi connectivity index (χ1n) is 6.24. The Hall–Kier alpha value is -2.70. The third kappa shape index (κ3) is 2.37. The summed E-state index contributed by atoms with van der Waals surface area (Å²) in [5.41, 5.74) is 2.01. The second-order valence-electron chi connectivity index (χ2n) is 4.16. The third-order valence-corrected chi connectivity index (χ3v) is 2.73. The van der Waals surface area contributed by atoms with Crippen LogP contribution in [0.5, 0.6) is 0 Å². The summed E-state index contributed by atoms with van der Waals surface area (Å²) in [5.74, 6) is 0.810. The summed E-state index contributed by atoms with van der Waals surface area (Å²) in [5, 5.41) is 6.18. The second kappa shape index (κ2) is 5.12. The molecule has 1 aromatic carbocycles. The number of aromatic amines is 1. The molecule has 0 aliphatic heterocycles. The van der Waals surface area contributed by atoms with Crippen molar-refractivity contribution in [3.63, 3.8) is 0 Å². The molecule has 2 aromatic heterocycles. The third-order valence-electron chi connectivity index (χ3n) is 2.73. The van der Waals surface area contributed by atoms with E-state index >= 15 is 0 Å². The highest BCUT2D eigenvalue weighted by molar-refractivity contribution is 5.85. The molecule has 0 aliphatic carbocycles. The lowest BCUT2D eigenvalue weighted by Gasteiger charge is -2.08. The highest BCUT2D eigenvalue weighted by Crippen LogP contribution is 2.22. The van der Waals surface area contributed by atoms with Crippen LogP contribution < -0.4 is 10.6 Å². The Morgan fingerprint density at radius 1 is 1.20 bits per heavy atom. The molecule has 3 aromatic rings. The number of benzene rings is 1. The minimum atomic E-state index is -0.279. The van der Waals surface area contributed by atoms with E-state index in [0.717, 1.165) is 5.69 Å². The van der Waals surface area contributed by atoms with Gasteiger partial charge < -0.3 is 15.6 Å². The molecule has 0 saturated carbocycles. The van der Waals surface area contributed by atoms with Crippen LogP contribution in [0.25, 0.3) is 11.2 Å². The van der Waals surface area contributed by atoms with Crippen LogP contribution in [0.2, 0.25) is 0 Å². The smallest absolute Gasteiger partial charge is 0.226 e. The van der Waals surface area contributed by atoms with E-state index in [9.17, 15) is 4.39 Å². The van der Waals surface area contributed by atoms with E-state index in [4.69, 9.17) is 0 Å². The number of hydrogen-bond acceptors (Lipinski definition) is 5. The fourth-order valence-electron chi connectivity index (χ4n) is 1.83. The van der Waals surface area contributed by atoms with Crippen molar-refractivity contribution < 1.29 is 4.39 Å². The molecular weight excluding hydrogens is 259 g/mol. The summed E-state index contributed by atoms with van der Waals surface area (Å²) < 4.78 is 12.9. The lowest BCUT2D eigenvalue weighted by Crippen LogP contribution is -2.05. The first-order chi connectivity index (χ1) is 9.76. The molecule has 0 aliphatic rings. The fourth-order valence-corrected chi connectivity index (χ4v) is 1.83. The van der Waals surface area contributed by atoms with Crippen LogP contribution in [0.1, 0.15) is 6.92 Å². The van der Waals surface area contributed by atoms with Gasteiger partial charge in [0.2, 0.25) is 5.95 Å². The van der Waals surface area contributed by atoms with Crippen molar-refractivity contribution in [2.75, 3.05) is 17.2 Å². The molecule has 0 spiro atoms. The van der Waals surface area contributed by atoms with Crippen LogP contribution in [-0.4, -0.2) is 26.5 Å². The number of imidazole rings is 1. The predicted octanol–water partition coefficient (Wildman–Crippen LogP) is 2.67. The number of aromatic nitrogens is 4. The summed E-state index contributed by atoms with van der Waals surface area (Å²) in [6.07, 6.45) is 1.56. The Kier molecular flexibility index (Phi) is 3.16. The van der Waals surface area contributed by atoms with Crippen LogP contribution in [0.15, 0.2) is 30.6 Å². The van der Waals surface area contributed by atoms with Crippen molar-refractivity contribution in [2.24, 2.45) is 0 Å². The van der Waals surface area contributed by atoms with Gasteiger partial charge in [-0.15, -0.1) is 0 Å². The fraction of sp³-hybridized carbons (Fsp3) is 0.154. The Bertz CT molecular complexity index is 721. The van der Waals surface area contributed by atoms with Gasteiger partial charge in [-0.3, -0.25) is 0 Å². The van der Waals surface area contributed by atoms with Gasteiger partial charge in [0.1, 0.15) is 11.3 Å². The number of hydrogen-bond donors (Lipinski definition) is 3. The predicted molar refractivity (Wildman–Crippen MR) is 75.5 cm³/mol. The Morgan fingerprint density at radius 3 is 2.75 bits per heavy atom. The normalized spacial score (nSPS) is 10.7. The van der Waals surface area contributed by atoms with Crippen LogP contribution in [0, 0.1) is 5.82 Å². The number of anilines is 3. The van der Waals surface area contributed by atoms with E-state index < -0.39 is 0 Å². The molecule has 0 atom stereocenters. The Labute approximate surface area is 114 Å². The SMILES string of the molecule is CCNc1nc(Nc2ccc(F)cc2)c2[nH]cnc2n1. The zero-order valence-corrected chi connectivity index (χ0v) is 10.8. The van der Waals surface area contributed by atoms with Crippen molar-refractivity contribution in [3.05, 3.63) is 36.4 Å². The molecule has 0 bridgehead atoms. The van der Waals surface area contributed by atoms with E-state index in [2.05, 4.69) is 30.6 Å². The molecule has 3 N–H and O–H groups in total. The molecule has 0 saturated heterocycles. The molecule has 102 valence electrons. The van der Waals surface area contributed by atoms with Crippen molar-refractivity contribution in [1.82, 2.24) is 19.9 Å². The summed E-state index contributed by atoms with van der Waals surface area (Å²) in [6, 6.07) is 6.07. The maximum atomic E-state index is 12.9. The molecule has 6 nitrogen and oxygen atoms in total. The summed E-state index contributed by atoms with van der Waals surface area (Å²) >= 11 is 0. The number of rotatable bonds is 4. The molecule has 20 heavy (non-hydrogen) atoms. The monoisotopic (exact) mass is 272 g/mol. The zero-order valence-electron chi connectivity index (χ0n) is 10.8. The van der Waals surface area contributed by atoms with Gasteiger partial charge in [-0.05, 0) is 31.2 Å². The van der Waals surface area contributed by atoms with Crippen molar-refractivity contribution in [1.29, 1.82) is 0 Å². The minimum Gasteiger partial charge on any atom is -0.354 e. The number of fused-ring (bicyclic) bond motifs is 1. The van der Waals surface area contributed by atoms with E-state index in [-0.39, 0.29) is 5.82 Å². The highest BCUT2D eigenvalue weighted by atomic mass is 19.1. The maximum absolute atomic E-state index is 12.9. The van der Waals surface area contributed by atoms with Crippen LogP contribution in [0.3, 0.4) is 0 Å². The van der Waals surface area contributed by atoms with Crippen molar-refractivity contribution in [2.45, 2.75) is 6.92 Å². The van der Waals surface area contributed by atoms with E-state index in [1.165, 1.54) is 12.1 Å². The highest BCUT2D eigenvalue weighted by Gasteiger charge is 2.09. The lowest BCUT2D eigenvalue weighted by molar-refractivity contribution is 0.628. The van der Waals surface area contributed by atoms with Crippen LogP contribution in [0.4, 0.5) is 21.8 Å². The summed E-state index contributed by atoms with van der Waals surface area (Å²) in [4.78, 5) is 15.8. The summed E-state index contributed by atoms with van der Waals surface area (Å²) in [6.45, 7) is 2.68. The standard InChI is InChI=1S/C13H13FN6/c1-2-15-13-19-11-10(16-7-17-11)12(20-13)18-9-5-3-8(14)4-6-9/h3-7H,2H2,1H3,(H3,15,16,17,18,19,20). The molecule has 7 heteroatoms. The molecule has 0 amide bonds. The van der Waals surface area contributed by atoms with Gasteiger partial charge in [-0.25, -0.2) is 9.37 Å². The molecule has 2 heterocycles. The quantitative estimate of drug-likeness (QED) is 0.680. The average molecular weight is 272 g/mol. The molecule has 0 unspecified atom stereocenters. The first kappa shape index (κ1) is 12.3. The maximum Gasteiger partial charge on any atom is 0.226 e. The summed E-state index contributed by atoms with van der Waals surface area (Å²) in [7, 11) is 0. The molecule has 3 rings (SSSR count). The Morgan fingerprint density at radius 2 is 2.00 bits per heavy atom. The molecule has 0 fully saturated rings. The van der Waals surface area contributed by atoms with E-state index in [1.54, 1.807) is 18.5 Å². The van der Waals surface area contributed by atoms with Crippen LogP contribution in [-0.2, 0) is 0 Å². The second-order valence-corrected chi connectivity index (χ2v) is 4.16. The van der Waals surface area contributed by atoms with Gasteiger partial charge in [0, 0.05) is 12.2 Å². The van der Waals surface area contributed by atoms with E-state index in [0.29, 0.717) is 29.5 Å². The number of nitrogens with one attached hydrogen (secondary N) is 3. The first-order valence-corrected chi connectivity index (χ1v) is 6.24. The van der Waals surface area contributed by atoms with E-state index in [1.807, 2.05) is 6.92 Å². The van der Waals surface area contributed by atoms with Crippen molar-refractivity contribution >= 4 is 28.6 Å². The molecule has 0 radical (unpaired) electrons. The van der Waals surface area contributed by atoms with Gasteiger partial charge in [-0.2, -0.15) is 9.97 Å². The minimum absolute atomic E-state index is 0.279. The lowest BCUT2D eigenvalue weighted by atomic mass is 10.3. The topological polar surface area (TPSA) is 78.5 Å². The average Bonchev–Trinajstić information content (AvgIpc) is 2.90. The number of halogens is 1. The number of H-pyrrole nitrogens is 1. The largest absolute Gasteiger partial charge is 0.354 e. The van der Waals surface area contributed by atoms with Gasteiger partial charge >= 0.3 is 0 Å². The van der Waals surface area contributed by atoms with Crippen LogP contribution >= 0.6 is 0 Å². The van der Waals surface area contributed by atoms with Crippen molar-refractivity contribution in [3.8, 4) is 0 Å².